The molecule has 1 aromatic heterocycles. The molecule has 6 heteroatoms. The Kier molecular flexibility index (Phi) is 6.14. The predicted molar refractivity (Wildman–Crippen MR) is 100 cm³/mol. The smallest absolute Gasteiger partial charge is 0.131 e. The molecule has 1 saturated heterocycles. The van der Waals surface area contributed by atoms with E-state index < -0.39 is 0 Å². The highest BCUT2D eigenvalue weighted by atomic mass is 35.5. The minimum Gasteiger partial charge on any atom is -0.489 e. The zero-order chi connectivity index (χ0) is 17.5. The lowest BCUT2D eigenvalue weighted by molar-refractivity contribution is 0.122. The van der Waals surface area contributed by atoms with Crippen LogP contribution in [0.1, 0.15) is 11.1 Å². The van der Waals surface area contributed by atoms with Crippen molar-refractivity contribution in [1.29, 1.82) is 0 Å². The Morgan fingerprint density at radius 2 is 1.92 bits per heavy atom. The van der Waals surface area contributed by atoms with Gasteiger partial charge in [-0.1, -0.05) is 29.8 Å². The number of halogens is 1. The third-order valence-electron chi connectivity index (χ3n) is 3.99. The molecule has 2 heterocycles. The summed E-state index contributed by atoms with van der Waals surface area (Å²) < 4.78 is 11.3. The minimum atomic E-state index is 0.446. The van der Waals surface area contributed by atoms with Crippen molar-refractivity contribution in [2.24, 2.45) is 5.73 Å². The van der Waals surface area contributed by atoms with E-state index in [4.69, 9.17) is 26.8 Å². The summed E-state index contributed by atoms with van der Waals surface area (Å²) in [7, 11) is 0. The van der Waals surface area contributed by atoms with Gasteiger partial charge >= 0.3 is 0 Å². The molecule has 5 nitrogen and oxygen atoms in total. The molecule has 1 aromatic carbocycles. The molecule has 0 atom stereocenters. The Balaban J connectivity index is 1.63. The molecule has 0 radical (unpaired) electrons. The number of nitrogens with two attached hydrogens (primary N) is 1. The number of nitrogens with zero attached hydrogens (tertiary/aromatic N) is 2. The fraction of sp³-hybridized carbons (Fsp3) is 0.316. The molecule has 0 bridgehead atoms. The monoisotopic (exact) mass is 359 g/mol. The summed E-state index contributed by atoms with van der Waals surface area (Å²) in [6, 6.07) is 11.9. The normalized spacial score (nSPS) is 14.8. The molecule has 25 heavy (non-hydrogen) atoms. The van der Waals surface area contributed by atoms with Gasteiger partial charge in [0, 0.05) is 13.1 Å². The number of morpholine rings is 1. The van der Waals surface area contributed by atoms with E-state index in [2.05, 4.69) is 9.88 Å². The maximum atomic E-state index is 6.18. The first-order valence-electron chi connectivity index (χ1n) is 8.32. The first-order chi connectivity index (χ1) is 12.2. The van der Waals surface area contributed by atoms with Crippen molar-refractivity contribution >= 4 is 17.4 Å². The van der Waals surface area contributed by atoms with Crippen LogP contribution in [0.25, 0.3) is 0 Å². The summed E-state index contributed by atoms with van der Waals surface area (Å²) in [5.41, 5.74) is 7.55. The van der Waals surface area contributed by atoms with Crippen LogP contribution in [0, 0.1) is 0 Å². The average Bonchev–Trinajstić information content (AvgIpc) is 2.66. The topological polar surface area (TPSA) is 60.6 Å². The average molecular weight is 360 g/mol. The van der Waals surface area contributed by atoms with Crippen LogP contribution < -0.4 is 15.4 Å². The molecular weight excluding hydrogens is 338 g/mol. The number of allylic oxidation sites excluding steroid dienone is 1. The third kappa shape index (κ3) is 5.11. The number of hydrogen-bond donors (Lipinski definition) is 1. The summed E-state index contributed by atoms with van der Waals surface area (Å²) >= 11 is 6.18. The molecule has 1 aliphatic rings. The van der Waals surface area contributed by atoms with Crippen molar-refractivity contribution in [2.75, 3.05) is 31.2 Å². The highest BCUT2D eigenvalue weighted by Gasteiger charge is 2.14. The lowest BCUT2D eigenvalue weighted by Gasteiger charge is -2.28. The largest absolute Gasteiger partial charge is 0.489 e. The van der Waals surface area contributed by atoms with Gasteiger partial charge in [0.1, 0.15) is 23.3 Å². The number of rotatable bonds is 6. The number of anilines is 1. The van der Waals surface area contributed by atoms with Crippen molar-refractivity contribution in [3.8, 4) is 5.75 Å². The van der Waals surface area contributed by atoms with Crippen molar-refractivity contribution in [2.45, 2.75) is 13.0 Å². The number of ether oxygens (including phenoxy) is 2. The van der Waals surface area contributed by atoms with Crippen LogP contribution in [0.4, 0.5) is 5.82 Å². The van der Waals surface area contributed by atoms with E-state index in [1.54, 1.807) is 6.20 Å². The Morgan fingerprint density at radius 3 is 2.64 bits per heavy atom. The van der Waals surface area contributed by atoms with Gasteiger partial charge in [0.15, 0.2) is 0 Å². The standard InChI is InChI=1S/C19H22ClN3O2/c20-18-12-16(13-19(22-18)23-8-10-24-11-9-23)14-25-17-5-3-15(4-6-17)2-1-7-21/h1,3-7,12-13H,2,8-11,14,21H2. The Labute approximate surface area is 153 Å². The number of benzene rings is 1. The maximum absolute atomic E-state index is 6.18. The predicted octanol–water partition coefficient (Wildman–Crippen LogP) is 3.17. The number of hydrogen-bond acceptors (Lipinski definition) is 5. The molecule has 2 N–H and O–H groups in total. The van der Waals surface area contributed by atoms with Gasteiger partial charge in [0.2, 0.25) is 0 Å². The van der Waals surface area contributed by atoms with E-state index >= 15 is 0 Å². The van der Waals surface area contributed by atoms with Gasteiger partial charge in [-0.2, -0.15) is 0 Å². The number of aromatic nitrogens is 1. The molecule has 2 aromatic rings. The van der Waals surface area contributed by atoms with E-state index in [1.165, 1.54) is 5.56 Å². The Morgan fingerprint density at radius 1 is 1.16 bits per heavy atom. The van der Waals surface area contributed by atoms with Crippen molar-refractivity contribution in [3.05, 3.63) is 65.0 Å². The van der Waals surface area contributed by atoms with Crippen LogP contribution in [0.3, 0.4) is 0 Å². The van der Waals surface area contributed by atoms with Crippen LogP contribution in [0.15, 0.2) is 48.7 Å². The van der Waals surface area contributed by atoms with Crippen molar-refractivity contribution in [3.63, 3.8) is 0 Å². The summed E-state index contributed by atoms with van der Waals surface area (Å²) in [5, 5.41) is 0.478. The molecule has 0 spiro atoms. The Hall–Kier alpha value is -2.24. The second-order valence-electron chi connectivity index (χ2n) is 5.82. The summed E-state index contributed by atoms with van der Waals surface area (Å²) in [4.78, 5) is 6.60. The maximum Gasteiger partial charge on any atom is 0.131 e. The molecule has 0 amide bonds. The number of pyridine rings is 1. The molecule has 1 fully saturated rings. The van der Waals surface area contributed by atoms with Crippen molar-refractivity contribution in [1.82, 2.24) is 4.98 Å². The molecule has 132 valence electrons. The molecule has 0 aliphatic carbocycles. The van der Waals surface area contributed by atoms with E-state index in [9.17, 15) is 0 Å². The lowest BCUT2D eigenvalue weighted by Crippen LogP contribution is -2.36. The highest BCUT2D eigenvalue weighted by Crippen LogP contribution is 2.21. The second kappa shape index (κ2) is 8.74. The molecule has 3 rings (SSSR count). The molecule has 1 aliphatic heterocycles. The fourth-order valence-corrected chi connectivity index (χ4v) is 2.89. The van der Waals surface area contributed by atoms with Gasteiger partial charge in [-0.25, -0.2) is 4.98 Å². The highest BCUT2D eigenvalue weighted by molar-refractivity contribution is 6.29. The van der Waals surface area contributed by atoms with Crippen LogP contribution >= 0.6 is 11.6 Å². The van der Waals surface area contributed by atoms with Crippen LogP contribution in [0.5, 0.6) is 5.75 Å². The summed E-state index contributed by atoms with van der Waals surface area (Å²) in [6.45, 7) is 3.53. The molecule has 0 unspecified atom stereocenters. The van der Waals surface area contributed by atoms with Gasteiger partial charge < -0.3 is 20.1 Å². The zero-order valence-electron chi connectivity index (χ0n) is 14.0. The summed E-state index contributed by atoms with van der Waals surface area (Å²) in [6.07, 6.45) is 4.30. The van der Waals surface area contributed by atoms with Gasteiger partial charge in [0.05, 0.1) is 13.2 Å². The fourth-order valence-electron chi connectivity index (χ4n) is 2.66. The zero-order valence-corrected chi connectivity index (χ0v) is 14.8. The second-order valence-corrected chi connectivity index (χ2v) is 6.21. The minimum absolute atomic E-state index is 0.446. The van der Waals surface area contributed by atoms with Crippen LogP contribution in [-0.4, -0.2) is 31.3 Å². The van der Waals surface area contributed by atoms with Gasteiger partial charge in [-0.05, 0) is 48.0 Å². The quantitative estimate of drug-likeness (QED) is 0.803. The van der Waals surface area contributed by atoms with E-state index in [1.807, 2.05) is 42.5 Å². The van der Waals surface area contributed by atoms with Gasteiger partial charge in [-0.3, -0.25) is 0 Å². The lowest BCUT2D eigenvalue weighted by atomic mass is 10.1. The SMILES string of the molecule is NC=CCc1ccc(OCc2cc(Cl)nc(N3CCOCC3)c2)cc1. The van der Waals surface area contributed by atoms with Crippen LogP contribution in [0.2, 0.25) is 5.15 Å². The first kappa shape index (κ1) is 17.6. The van der Waals surface area contributed by atoms with Gasteiger partial charge in [-0.15, -0.1) is 0 Å². The van der Waals surface area contributed by atoms with Crippen molar-refractivity contribution < 1.29 is 9.47 Å². The van der Waals surface area contributed by atoms with E-state index in [0.717, 1.165) is 36.6 Å². The van der Waals surface area contributed by atoms with Crippen LogP contribution in [-0.2, 0) is 17.8 Å². The summed E-state index contributed by atoms with van der Waals surface area (Å²) in [5.74, 6) is 1.69. The molecular formula is C19H22ClN3O2. The Bertz CT molecular complexity index is 713. The first-order valence-corrected chi connectivity index (χ1v) is 8.70. The van der Waals surface area contributed by atoms with Gasteiger partial charge in [0.25, 0.3) is 0 Å². The third-order valence-corrected chi connectivity index (χ3v) is 4.19. The van der Waals surface area contributed by atoms with E-state index in [0.29, 0.717) is 25.0 Å². The molecule has 0 saturated carbocycles. The van der Waals surface area contributed by atoms with E-state index in [-0.39, 0.29) is 0 Å².